The molecule has 2 aromatic carbocycles. The molecule has 1 heterocycles. The van der Waals surface area contributed by atoms with Gasteiger partial charge in [-0.25, -0.2) is 13.4 Å². The van der Waals surface area contributed by atoms with E-state index in [0.29, 0.717) is 10.0 Å². The van der Waals surface area contributed by atoms with Gasteiger partial charge in [0, 0.05) is 8.95 Å². The zero-order valence-electron chi connectivity index (χ0n) is 15.2. The summed E-state index contributed by atoms with van der Waals surface area (Å²) in [5, 5.41) is -0.110. The molecule has 160 valence electrons. The van der Waals surface area contributed by atoms with Gasteiger partial charge >= 0.3 is 6.36 Å². The van der Waals surface area contributed by atoms with E-state index in [4.69, 9.17) is 0 Å². The smallest absolute Gasteiger partial charge is 0.406 e. The number of alkyl halides is 3. The van der Waals surface area contributed by atoms with Gasteiger partial charge in [-0.2, -0.15) is 0 Å². The fraction of sp³-hybridized carbons (Fsp3) is 0.222. The molecular formula is C18H13Br2F3N2O4S. The highest BCUT2D eigenvalue weighted by atomic mass is 79.9. The summed E-state index contributed by atoms with van der Waals surface area (Å²) in [6, 6.07) is 6.59. The molecule has 0 amide bonds. The molecule has 0 unspecified atom stereocenters. The Balaban J connectivity index is 2.14. The molecule has 6 nitrogen and oxygen atoms in total. The van der Waals surface area contributed by atoms with Crippen molar-refractivity contribution in [2.45, 2.75) is 24.7 Å². The molecule has 0 spiro atoms. The molecule has 0 N–H and O–H groups in total. The lowest BCUT2D eigenvalue weighted by molar-refractivity contribution is -0.274. The van der Waals surface area contributed by atoms with Gasteiger partial charge < -0.3 is 4.74 Å². The number of benzene rings is 2. The molecule has 0 radical (unpaired) electrons. The number of fused-ring (bicyclic) bond motifs is 1. The van der Waals surface area contributed by atoms with Gasteiger partial charge in [0.2, 0.25) is 0 Å². The summed E-state index contributed by atoms with van der Waals surface area (Å²) in [6.45, 7) is 1.36. The predicted octanol–water partition coefficient (Wildman–Crippen LogP) is 4.66. The van der Waals surface area contributed by atoms with Crippen LogP contribution in [0.3, 0.4) is 0 Å². The number of nitrogens with zero attached hydrogens (tertiary/aromatic N) is 2. The summed E-state index contributed by atoms with van der Waals surface area (Å²) in [6.07, 6.45) is -3.71. The fourth-order valence-electron chi connectivity index (χ4n) is 2.82. The van der Waals surface area contributed by atoms with E-state index in [-0.39, 0.29) is 32.6 Å². The number of sulfone groups is 1. The number of aromatic nitrogens is 2. The maximum Gasteiger partial charge on any atom is 0.573 e. The number of ether oxygens (including phenoxy) is 1. The van der Waals surface area contributed by atoms with Gasteiger partial charge in [0.15, 0.2) is 9.84 Å². The SMILES string of the molecule is CCS(=O)(=O)c1ccc(Br)cc1Cn1cnc2c(Br)cc(OC(F)(F)F)cc2c1=O. The van der Waals surface area contributed by atoms with E-state index in [1.807, 2.05) is 0 Å². The molecule has 0 aliphatic carbocycles. The van der Waals surface area contributed by atoms with E-state index in [2.05, 4.69) is 41.6 Å². The average Bonchev–Trinajstić information content (AvgIpc) is 2.63. The highest BCUT2D eigenvalue weighted by molar-refractivity contribution is 9.11. The number of hydrogen-bond donors (Lipinski definition) is 0. The lowest BCUT2D eigenvalue weighted by atomic mass is 10.2. The zero-order chi connectivity index (χ0) is 22.3. The summed E-state index contributed by atoms with van der Waals surface area (Å²) in [7, 11) is -3.56. The van der Waals surface area contributed by atoms with Crippen LogP contribution < -0.4 is 10.3 Å². The van der Waals surface area contributed by atoms with Crippen molar-refractivity contribution in [3.05, 3.63) is 61.5 Å². The van der Waals surface area contributed by atoms with E-state index in [9.17, 15) is 26.4 Å². The normalized spacial score (nSPS) is 12.3. The minimum absolute atomic E-state index is 0.0653. The Labute approximate surface area is 185 Å². The van der Waals surface area contributed by atoms with Gasteiger partial charge in [-0.15, -0.1) is 13.2 Å². The van der Waals surface area contributed by atoms with Crippen LogP contribution in [0.4, 0.5) is 13.2 Å². The van der Waals surface area contributed by atoms with Gasteiger partial charge in [0.1, 0.15) is 5.75 Å². The Morgan fingerprint density at radius 1 is 1.17 bits per heavy atom. The molecule has 0 saturated carbocycles. The van der Waals surface area contributed by atoms with Crippen LogP contribution in [0, 0.1) is 0 Å². The predicted molar refractivity (Wildman–Crippen MR) is 111 cm³/mol. The Hall–Kier alpha value is -1.92. The summed E-state index contributed by atoms with van der Waals surface area (Å²) in [4.78, 5) is 17.1. The van der Waals surface area contributed by atoms with Crippen molar-refractivity contribution in [2.75, 3.05) is 5.75 Å². The lowest BCUT2D eigenvalue weighted by Crippen LogP contribution is -2.23. The number of halogens is 5. The molecule has 0 aliphatic heterocycles. The Bertz CT molecular complexity index is 1290. The second-order valence-electron chi connectivity index (χ2n) is 6.18. The van der Waals surface area contributed by atoms with Crippen molar-refractivity contribution < 1.29 is 26.3 Å². The largest absolute Gasteiger partial charge is 0.573 e. The first-order valence-electron chi connectivity index (χ1n) is 8.37. The van der Waals surface area contributed by atoms with Gasteiger partial charge in [-0.1, -0.05) is 22.9 Å². The molecule has 0 saturated heterocycles. The average molecular weight is 570 g/mol. The summed E-state index contributed by atoms with van der Waals surface area (Å²) >= 11 is 6.37. The summed E-state index contributed by atoms with van der Waals surface area (Å²) in [5.41, 5.74) is -0.147. The topological polar surface area (TPSA) is 78.3 Å². The van der Waals surface area contributed by atoms with Crippen molar-refractivity contribution in [3.8, 4) is 5.75 Å². The Morgan fingerprint density at radius 2 is 1.87 bits per heavy atom. The zero-order valence-corrected chi connectivity index (χ0v) is 19.2. The van der Waals surface area contributed by atoms with E-state index in [1.54, 1.807) is 12.1 Å². The molecule has 3 rings (SSSR count). The van der Waals surface area contributed by atoms with Crippen LogP contribution in [0.25, 0.3) is 10.9 Å². The third kappa shape index (κ3) is 4.86. The van der Waals surface area contributed by atoms with Crippen molar-refractivity contribution in [1.82, 2.24) is 9.55 Å². The molecule has 0 bridgehead atoms. The molecule has 3 aromatic rings. The first kappa shape index (κ1) is 22.8. The second kappa shape index (κ2) is 8.31. The minimum atomic E-state index is -4.92. The Kier molecular flexibility index (Phi) is 6.30. The van der Waals surface area contributed by atoms with Crippen molar-refractivity contribution >= 4 is 52.6 Å². The van der Waals surface area contributed by atoms with Gasteiger partial charge in [-0.3, -0.25) is 9.36 Å². The minimum Gasteiger partial charge on any atom is -0.406 e. The van der Waals surface area contributed by atoms with Crippen molar-refractivity contribution in [2.24, 2.45) is 0 Å². The van der Waals surface area contributed by atoms with Crippen LogP contribution in [0.15, 0.2) is 55.3 Å². The first-order chi connectivity index (χ1) is 13.9. The number of rotatable bonds is 5. The second-order valence-corrected chi connectivity index (χ2v) is 10.2. The van der Waals surface area contributed by atoms with Crippen LogP contribution >= 0.6 is 31.9 Å². The first-order valence-corrected chi connectivity index (χ1v) is 11.6. The van der Waals surface area contributed by atoms with Crippen LogP contribution in [-0.2, 0) is 16.4 Å². The van der Waals surface area contributed by atoms with Crippen LogP contribution in [0.2, 0.25) is 0 Å². The molecular weight excluding hydrogens is 557 g/mol. The highest BCUT2D eigenvalue weighted by Gasteiger charge is 2.31. The summed E-state index contributed by atoms with van der Waals surface area (Å²) < 4.78 is 68.3. The van der Waals surface area contributed by atoms with E-state index < -0.39 is 27.5 Å². The van der Waals surface area contributed by atoms with E-state index in [0.717, 1.165) is 16.7 Å². The van der Waals surface area contributed by atoms with Gasteiger partial charge in [-0.05, 0) is 51.8 Å². The van der Waals surface area contributed by atoms with Gasteiger partial charge in [0.25, 0.3) is 5.56 Å². The molecule has 1 aromatic heterocycles. The monoisotopic (exact) mass is 568 g/mol. The van der Waals surface area contributed by atoms with Crippen LogP contribution in [0.5, 0.6) is 5.75 Å². The van der Waals surface area contributed by atoms with E-state index >= 15 is 0 Å². The maximum atomic E-state index is 12.9. The van der Waals surface area contributed by atoms with Crippen LogP contribution in [0.1, 0.15) is 12.5 Å². The molecule has 0 aliphatic rings. The highest BCUT2D eigenvalue weighted by Crippen LogP contribution is 2.30. The molecule has 12 heteroatoms. The Morgan fingerprint density at radius 3 is 2.50 bits per heavy atom. The van der Waals surface area contributed by atoms with Crippen LogP contribution in [-0.4, -0.2) is 30.1 Å². The summed E-state index contributed by atoms with van der Waals surface area (Å²) in [5.74, 6) is -0.701. The fourth-order valence-corrected chi connectivity index (χ4v) is 4.88. The van der Waals surface area contributed by atoms with Crippen molar-refractivity contribution in [3.63, 3.8) is 0 Å². The maximum absolute atomic E-state index is 12.9. The van der Waals surface area contributed by atoms with E-state index in [1.165, 1.54) is 19.3 Å². The van der Waals surface area contributed by atoms with Gasteiger partial charge in [0.05, 0.1) is 34.4 Å². The lowest BCUT2D eigenvalue weighted by Gasteiger charge is -2.13. The molecule has 0 atom stereocenters. The molecule has 0 fully saturated rings. The third-order valence-electron chi connectivity index (χ3n) is 4.17. The standard InChI is InChI=1S/C18H13Br2F3N2O4S/c1-2-30(27,28)15-4-3-11(19)5-10(15)8-25-9-24-16-13(17(25)26)6-12(7-14(16)20)29-18(21,22)23/h3-7,9H,2,8H2,1H3. The number of hydrogen-bond acceptors (Lipinski definition) is 5. The molecule has 30 heavy (non-hydrogen) atoms. The quantitative estimate of drug-likeness (QED) is 0.446. The van der Waals surface area contributed by atoms with Crippen molar-refractivity contribution in [1.29, 1.82) is 0 Å². The third-order valence-corrected chi connectivity index (χ3v) is 7.09.